The number of benzene rings is 2. The molecule has 4 rings (SSSR count). The first-order valence-electron chi connectivity index (χ1n) is 10.8. The minimum absolute atomic E-state index is 0.303. The largest absolute Gasteiger partial charge is 0.322 e. The van der Waals surface area contributed by atoms with Gasteiger partial charge < -0.3 is 10.6 Å². The number of aromatic nitrogens is 2. The Labute approximate surface area is 207 Å². The Morgan fingerprint density at radius 1 is 1.09 bits per heavy atom. The maximum absolute atomic E-state index is 13.1. The van der Waals surface area contributed by atoms with E-state index < -0.39 is 5.41 Å². The molecule has 0 atom stereocenters. The number of carbonyl (C=O) groups is 2. The molecule has 0 saturated carbocycles. The third kappa shape index (κ3) is 4.81. The second-order valence-corrected chi connectivity index (χ2v) is 9.51. The van der Waals surface area contributed by atoms with Crippen molar-refractivity contribution in [2.45, 2.75) is 26.2 Å². The van der Waals surface area contributed by atoms with Gasteiger partial charge in [-0.05, 0) is 56.2 Å². The highest BCUT2D eigenvalue weighted by atomic mass is 32.1. The molecule has 0 saturated heterocycles. The number of carbonyl (C=O) groups excluding carboxylic acids is 2. The molecule has 0 bridgehead atoms. The minimum atomic E-state index is -0.709. The van der Waals surface area contributed by atoms with Crippen LogP contribution in [-0.2, 0) is 5.41 Å². The zero-order valence-corrected chi connectivity index (χ0v) is 20.4. The van der Waals surface area contributed by atoms with Crippen molar-refractivity contribution in [3.8, 4) is 6.07 Å². The smallest absolute Gasteiger partial charge is 0.266 e. The van der Waals surface area contributed by atoms with Crippen molar-refractivity contribution in [3.63, 3.8) is 0 Å². The number of thiophene rings is 1. The molecule has 0 unspecified atom stereocenters. The number of hydrogen-bond acceptors (Lipinski definition) is 6. The standard InChI is InChI=1S/C27H23N5O2S/c1-5-20-22-26(30-12-11-29-22)35-23(20)25(34)32-21-14-19(10-9-16(21)2)31-24(33)17-7-6-8-18(13-17)27(3,4)15-28/h5-14H,1H2,2-4H3,(H,31,33)(H,32,34). The van der Waals surface area contributed by atoms with Gasteiger partial charge in [0.15, 0.2) is 0 Å². The molecule has 2 N–H and O–H groups in total. The zero-order valence-electron chi connectivity index (χ0n) is 19.5. The number of amides is 2. The molecule has 2 amide bonds. The van der Waals surface area contributed by atoms with Crippen molar-refractivity contribution >= 4 is 50.9 Å². The lowest BCUT2D eigenvalue weighted by Crippen LogP contribution is -2.17. The van der Waals surface area contributed by atoms with Crippen molar-refractivity contribution in [2.24, 2.45) is 0 Å². The van der Waals surface area contributed by atoms with Gasteiger partial charge in [-0.15, -0.1) is 11.3 Å². The fraction of sp³-hybridized carbons (Fsp3) is 0.148. The fourth-order valence-electron chi connectivity index (χ4n) is 3.53. The van der Waals surface area contributed by atoms with Gasteiger partial charge >= 0.3 is 0 Å². The maximum atomic E-state index is 13.1. The van der Waals surface area contributed by atoms with Crippen molar-refractivity contribution < 1.29 is 9.59 Å². The van der Waals surface area contributed by atoms with Gasteiger partial charge in [-0.1, -0.05) is 30.9 Å². The summed E-state index contributed by atoms with van der Waals surface area (Å²) >= 11 is 1.25. The van der Waals surface area contributed by atoms with Crippen molar-refractivity contribution in [1.82, 2.24) is 9.97 Å². The molecule has 0 aliphatic rings. The Bertz CT molecular complexity index is 1510. The lowest BCUT2D eigenvalue weighted by Gasteiger charge is -2.17. The van der Waals surface area contributed by atoms with Crippen LogP contribution in [0.15, 0.2) is 61.4 Å². The highest BCUT2D eigenvalue weighted by Gasteiger charge is 2.21. The summed E-state index contributed by atoms with van der Waals surface area (Å²) in [6.45, 7) is 9.30. The van der Waals surface area contributed by atoms with E-state index in [1.165, 1.54) is 11.3 Å². The summed E-state index contributed by atoms with van der Waals surface area (Å²) in [6, 6.07) is 14.6. The number of hydrogen-bond donors (Lipinski definition) is 2. The van der Waals surface area contributed by atoms with Crippen LogP contribution in [0.1, 0.15) is 50.6 Å². The van der Waals surface area contributed by atoms with Gasteiger partial charge in [0.05, 0.1) is 11.5 Å². The average molecular weight is 482 g/mol. The molecule has 0 fully saturated rings. The van der Waals surface area contributed by atoms with E-state index in [0.717, 1.165) is 11.1 Å². The molecule has 174 valence electrons. The maximum Gasteiger partial charge on any atom is 0.266 e. The Kier molecular flexibility index (Phi) is 6.45. The molecule has 2 aromatic carbocycles. The quantitative estimate of drug-likeness (QED) is 0.354. The Hall–Kier alpha value is -4.35. The van der Waals surface area contributed by atoms with E-state index in [4.69, 9.17) is 0 Å². The topological polar surface area (TPSA) is 108 Å². The van der Waals surface area contributed by atoms with Gasteiger partial charge in [-0.3, -0.25) is 14.6 Å². The number of anilines is 2. The van der Waals surface area contributed by atoms with Gasteiger partial charge in [0.25, 0.3) is 11.8 Å². The molecule has 0 spiro atoms. The third-order valence-corrected chi connectivity index (χ3v) is 6.74. The lowest BCUT2D eigenvalue weighted by atomic mass is 9.85. The van der Waals surface area contributed by atoms with E-state index in [1.807, 2.05) is 19.1 Å². The summed E-state index contributed by atoms with van der Waals surface area (Å²) in [6.07, 6.45) is 4.77. The van der Waals surface area contributed by atoms with E-state index in [2.05, 4.69) is 33.2 Å². The molecule has 0 aliphatic heterocycles. The SMILES string of the molecule is C=Cc1c(C(=O)Nc2cc(NC(=O)c3cccc(C(C)(C)C#N)c3)ccc2C)sc2nccnc12. The molecule has 8 heteroatoms. The molecule has 35 heavy (non-hydrogen) atoms. The molecule has 2 heterocycles. The molecule has 0 radical (unpaired) electrons. The van der Waals surface area contributed by atoms with Gasteiger partial charge in [0, 0.05) is 34.9 Å². The normalized spacial score (nSPS) is 11.0. The molecule has 4 aromatic rings. The highest BCUT2D eigenvalue weighted by Crippen LogP contribution is 2.31. The number of nitrogens with zero attached hydrogens (tertiary/aromatic N) is 3. The van der Waals surface area contributed by atoms with Crippen molar-refractivity contribution in [3.05, 3.63) is 88.6 Å². The van der Waals surface area contributed by atoms with Crippen molar-refractivity contribution in [1.29, 1.82) is 5.26 Å². The zero-order chi connectivity index (χ0) is 25.2. The van der Waals surface area contributed by atoms with Crippen molar-refractivity contribution in [2.75, 3.05) is 10.6 Å². The van der Waals surface area contributed by atoms with Crippen LogP contribution in [0.25, 0.3) is 16.4 Å². The molecule has 2 aromatic heterocycles. The van der Waals surface area contributed by atoms with E-state index in [9.17, 15) is 14.9 Å². The van der Waals surface area contributed by atoms with E-state index in [1.54, 1.807) is 62.6 Å². The average Bonchev–Trinajstić information content (AvgIpc) is 3.25. The predicted octanol–water partition coefficient (Wildman–Crippen LogP) is 5.95. The molecular formula is C27H23N5O2S. The number of nitrogens with one attached hydrogen (secondary N) is 2. The summed E-state index contributed by atoms with van der Waals surface area (Å²) in [5.74, 6) is -0.611. The molecule has 0 aliphatic carbocycles. The van der Waals surface area contributed by atoms with E-state index in [-0.39, 0.29) is 11.8 Å². The minimum Gasteiger partial charge on any atom is -0.322 e. The van der Waals surface area contributed by atoms with Gasteiger partial charge in [-0.2, -0.15) is 5.26 Å². The van der Waals surface area contributed by atoms with Crippen LogP contribution in [-0.4, -0.2) is 21.8 Å². The number of aryl methyl sites for hydroxylation is 1. The Balaban J connectivity index is 1.57. The first-order valence-corrected chi connectivity index (χ1v) is 11.7. The second kappa shape index (κ2) is 9.49. The fourth-order valence-corrected chi connectivity index (χ4v) is 4.53. The first kappa shape index (κ1) is 23.8. The lowest BCUT2D eigenvalue weighted by molar-refractivity contribution is 0.102. The van der Waals surface area contributed by atoms with Crippen LogP contribution < -0.4 is 10.6 Å². The van der Waals surface area contributed by atoms with E-state index >= 15 is 0 Å². The van der Waals surface area contributed by atoms with Gasteiger partial charge in [0.1, 0.15) is 15.2 Å². The van der Waals surface area contributed by atoms with Crippen LogP contribution in [0.3, 0.4) is 0 Å². The Morgan fingerprint density at radius 2 is 1.86 bits per heavy atom. The summed E-state index contributed by atoms with van der Waals surface area (Å²) in [4.78, 5) is 35.7. The van der Waals surface area contributed by atoms with Crippen LogP contribution in [0.4, 0.5) is 11.4 Å². The first-order chi connectivity index (χ1) is 16.7. The second-order valence-electron chi connectivity index (χ2n) is 8.51. The van der Waals surface area contributed by atoms with Crippen LogP contribution in [0.2, 0.25) is 0 Å². The van der Waals surface area contributed by atoms with Crippen LogP contribution in [0.5, 0.6) is 0 Å². The molecule has 7 nitrogen and oxygen atoms in total. The highest BCUT2D eigenvalue weighted by molar-refractivity contribution is 7.20. The summed E-state index contributed by atoms with van der Waals surface area (Å²) in [5.41, 5.74) is 3.71. The van der Waals surface area contributed by atoms with Gasteiger partial charge in [0.2, 0.25) is 0 Å². The third-order valence-electron chi connectivity index (χ3n) is 5.64. The summed E-state index contributed by atoms with van der Waals surface area (Å²) < 4.78 is 0. The van der Waals surface area contributed by atoms with Crippen LogP contribution in [0, 0.1) is 18.3 Å². The van der Waals surface area contributed by atoms with Crippen LogP contribution >= 0.6 is 11.3 Å². The summed E-state index contributed by atoms with van der Waals surface area (Å²) in [7, 11) is 0. The summed E-state index contributed by atoms with van der Waals surface area (Å²) in [5, 5.41) is 15.2. The number of nitriles is 1. The number of rotatable bonds is 6. The van der Waals surface area contributed by atoms with E-state index in [0.29, 0.717) is 37.7 Å². The Morgan fingerprint density at radius 3 is 2.60 bits per heavy atom. The molecular weight excluding hydrogens is 458 g/mol. The monoisotopic (exact) mass is 481 g/mol. The predicted molar refractivity (Wildman–Crippen MR) is 140 cm³/mol. The number of fused-ring (bicyclic) bond motifs is 1. The van der Waals surface area contributed by atoms with Gasteiger partial charge in [-0.25, -0.2) is 4.98 Å².